The van der Waals surface area contributed by atoms with Gasteiger partial charge in [-0.25, -0.2) is 13.1 Å². The average Bonchev–Trinajstić information content (AvgIpc) is 2.91. The van der Waals surface area contributed by atoms with E-state index in [9.17, 15) is 8.42 Å². The summed E-state index contributed by atoms with van der Waals surface area (Å²) in [7, 11) is -3.69. The van der Waals surface area contributed by atoms with Gasteiger partial charge in [-0.2, -0.15) is 5.10 Å². The van der Waals surface area contributed by atoms with Gasteiger partial charge in [-0.3, -0.25) is 5.10 Å². The largest absolute Gasteiger partial charge is 0.390 e. The van der Waals surface area contributed by atoms with E-state index >= 15 is 0 Å². The second-order valence-corrected chi connectivity index (χ2v) is 7.60. The summed E-state index contributed by atoms with van der Waals surface area (Å²) in [6.07, 6.45) is 0. The van der Waals surface area contributed by atoms with E-state index in [0.29, 0.717) is 5.69 Å². The van der Waals surface area contributed by atoms with Crippen LogP contribution >= 0.6 is 11.3 Å². The molecular formula is C12H17N3O3S2. The number of nitrogens with zero attached hydrogens (tertiary/aromatic N) is 1. The van der Waals surface area contributed by atoms with E-state index in [0.717, 1.165) is 10.4 Å². The first kappa shape index (κ1) is 15.2. The Labute approximate surface area is 121 Å². The molecule has 0 aliphatic rings. The number of aromatic amines is 1. The smallest absolute Gasteiger partial charge is 0.244 e. The van der Waals surface area contributed by atoms with Crippen LogP contribution in [0.25, 0.3) is 0 Å². The Balaban J connectivity index is 2.21. The molecule has 0 unspecified atom stereocenters. The topological polar surface area (TPSA) is 95.1 Å². The lowest BCUT2D eigenvalue weighted by Crippen LogP contribution is -2.24. The number of hydrogen-bond acceptors (Lipinski definition) is 5. The molecule has 110 valence electrons. The van der Waals surface area contributed by atoms with Crippen molar-refractivity contribution >= 4 is 21.4 Å². The van der Waals surface area contributed by atoms with Crippen molar-refractivity contribution in [1.82, 2.24) is 14.9 Å². The number of aromatic nitrogens is 2. The van der Waals surface area contributed by atoms with Crippen LogP contribution in [0.2, 0.25) is 0 Å². The van der Waals surface area contributed by atoms with Crippen LogP contribution in [-0.2, 0) is 23.2 Å². The molecule has 20 heavy (non-hydrogen) atoms. The van der Waals surface area contributed by atoms with Crippen molar-refractivity contribution < 1.29 is 13.5 Å². The Hall–Kier alpha value is -1.22. The highest BCUT2D eigenvalue weighted by molar-refractivity contribution is 7.89. The fourth-order valence-electron chi connectivity index (χ4n) is 1.91. The molecule has 6 nitrogen and oxygen atoms in total. The predicted molar refractivity (Wildman–Crippen MR) is 77.1 cm³/mol. The maximum atomic E-state index is 12.3. The molecule has 2 aromatic heterocycles. The molecule has 0 aliphatic carbocycles. The molecule has 0 saturated carbocycles. The maximum absolute atomic E-state index is 12.3. The molecule has 2 rings (SSSR count). The van der Waals surface area contributed by atoms with Crippen LogP contribution in [0, 0.1) is 20.8 Å². The lowest BCUT2D eigenvalue weighted by Gasteiger charge is -2.06. The van der Waals surface area contributed by atoms with Crippen LogP contribution in [0.3, 0.4) is 0 Å². The first-order valence-electron chi connectivity index (χ1n) is 6.05. The summed E-state index contributed by atoms with van der Waals surface area (Å²) in [6, 6.07) is 1.97. The van der Waals surface area contributed by atoms with Crippen molar-refractivity contribution in [2.24, 2.45) is 0 Å². The van der Waals surface area contributed by atoms with Crippen molar-refractivity contribution in [3.63, 3.8) is 0 Å². The molecule has 2 aromatic rings. The second-order valence-electron chi connectivity index (χ2n) is 4.56. The molecule has 8 heteroatoms. The van der Waals surface area contributed by atoms with Gasteiger partial charge in [-0.1, -0.05) is 0 Å². The zero-order chi connectivity index (χ0) is 14.9. The van der Waals surface area contributed by atoms with Gasteiger partial charge >= 0.3 is 0 Å². The van der Waals surface area contributed by atoms with Crippen LogP contribution in [0.4, 0.5) is 0 Å². The summed E-state index contributed by atoms with van der Waals surface area (Å²) in [5, 5.41) is 15.5. The van der Waals surface area contributed by atoms with E-state index in [4.69, 9.17) is 5.11 Å². The Morgan fingerprint density at radius 2 is 2.10 bits per heavy atom. The summed E-state index contributed by atoms with van der Waals surface area (Å²) in [5.74, 6) is 0. The Morgan fingerprint density at radius 1 is 1.40 bits per heavy atom. The maximum Gasteiger partial charge on any atom is 0.244 e. The number of hydrogen-bond donors (Lipinski definition) is 3. The van der Waals surface area contributed by atoms with E-state index < -0.39 is 16.6 Å². The second kappa shape index (κ2) is 5.65. The van der Waals surface area contributed by atoms with E-state index in [-0.39, 0.29) is 17.1 Å². The van der Waals surface area contributed by atoms with Crippen LogP contribution in [0.1, 0.15) is 26.7 Å². The molecule has 3 N–H and O–H groups in total. The molecule has 0 atom stereocenters. The first-order valence-corrected chi connectivity index (χ1v) is 8.35. The number of nitrogens with one attached hydrogen (secondary N) is 2. The molecule has 2 heterocycles. The molecule has 0 amide bonds. The number of H-pyrrole nitrogens is 1. The Kier molecular flexibility index (Phi) is 4.28. The van der Waals surface area contributed by atoms with E-state index in [1.807, 2.05) is 19.9 Å². The van der Waals surface area contributed by atoms with Crippen LogP contribution < -0.4 is 4.72 Å². The standard InChI is InChI=1S/C12H17N3O3S2/c1-7-4-10(19-9(7)3)5-13-20(17,18)12-8(2)14-15-11(12)6-16/h4,13,16H,5-6H2,1-3H3,(H,14,15). The van der Waals surface area contributed by atoms with Crippen molar-refractivity contribution in [2.45, 2.75) is 38.8 Å². The minimum Gasteiger partial charge on any atom is -0.390 e. The third kappa shape index (κ3) is 2.93. The van der Waals surface area contributed by atoms with E-state index in [1.54, 1.807) is 18.3 Å². The lowest BCUT2D eigenvalue weighted by molar-refractivity contribution is 0.273. The fourth-order valence-corrected chi connectivity index (χ4v) is 4.35. The molecule has 0 radical (unpaired) electrons. The van der Waals surface area contributed by atoms with Gasteiger partial charge in [0.1, 0.15) is 10.6 Å². The van der Waals surface area contributed by atoms with Gasteiger partial charge in [-0.05, 0) is 32.4 Å². The van der Waals surface area contributed by atoms with Gasteiger partial charge in [0.25, 0.3) is 0 Å². The lowest BCUT2D eigenvalue weighted by atomic mass is 10.3. The summed E-state index contributed by atoms with van der Waals surface area (Å²) in [6.45, 7) is 5.42. The zero-order valence-electron chi connectivity index (χ0n) is 11.5. The van der Waals surface area contributed by atoms with Gasteiger partial charge in [0, 0.05) is 16.3 Å². The first-order chi connectivity index (χ1) is 9.35. The SMILES string of the molecule is Cc1cc(CNS(=O)(=O)c2c(CO)n[nH]c2C)sc1C. The number of aryl methyl sites for hydroxylation is 3. The molecule has 0 bridgehead atoms. The highest BCUT2D eigenvalue weighted by Crippen LogP contribution is 2.22. The molecular weight excluding hydrogens is 298 g/mol. The van der Waals surface area contributed by atoms with Gasteiger partial charge in [0.15, 0.2) is 0 Å². The van der Waals surface area contributed by atoms with Crippen LogP contribution in [0.15, 0.2) is 11.0 Å². The van der Waals surface area contributed by atoms with Crippen molar-refractivity contribution in [3.8, 4) is 0 Å². The number of sulfonamides is 1. The molecule has 0 saturated heterocycles. The van der Waals surface area contributed by atoms with Gasteiger partial charge < -0.3 is 5.11 Å². The van der Waals surface area contributed by atoms with E-state index in [1.165, 1.54) is 4.88 Å². The highest BCUT2D eigenvalue weighted by atomic mass is 32.2. The third-order valence-electron chi connectivity index (χ3n) is 3.03. The normalized spacial score (nSPS) is 12.0. The quantitative estimate of drug-likeness (QED) is 0.776. The van der Waals surface area contributed by atoms with Crippen LogP contribution in [0.5, 0.6) is 0 Å². The molecule has 0 aromatic carbocycles. The van der Waals surface area contributed by atoms with Crippen molar-refractivity contribution in [2.75, 3.05) is 0 Å². The fraction of sp³-hybridized carbons (Fsp3) is 0.417. The summed E-state index contributed by atoms with van der Waals surface area (Å²) in [4.78, 5) is 2.16. The van der Waals surface area contributed by atoms with Crippen LogP contribution in [-0.4, -0.2) is 23.7 Å². The molecule has 0 aliphatic heterocycles. The number of thiophene rings is 1. The van der Waals surface area contributed by atoms with Gasteiger partial charge in [0.2, 0.25) is 10.0 Å². The number of aliphatic hydroxyl groups is 1. The minimum absolute atomic E-state index is 0.0324. The third-order valence-corrected chi connectivity index (χ3v) is 5.79. The number of aliphatic hydroxyl groups excluding tert-OH is 1. The van der Waals surface area contributed by atoms with Gasteiger partial charge in [-0.15, -0.1) is 11.3 Å². The minimum atomic E-state index is -3.69. The van der Waals surface area contributed by atoms with Crippen molar-refractivity contribution in [3.05, 3.63) is 32.8 Å². The highest BCUT2D eigenvalue weighted by Gasteiger charge is 2.23. The summed E-state index contributed by atoms with van der Waals surface area (Å²) < 4.78 is 27.1. The zero-order valence-corrected chi connectivity index (χ0v) is 13.2. The van der Waals surface area contributed by atoms with Gasteiger partial charge in [0.05, 0.1) is 12.3 Å². The summed E-state index contributed by atoms with van der Waals surface area (Å²) in [5.41, 5.74) is 1.70. The molecule has 0 spiro atoms. The van der Waals surface area contributed by atoms with E-state index in [2.05, 4.69) is 14.9 Å². The number of rotatable bonds is 5. The summed E-state index contributed by atoms with van der Waals surface area (Å²) >= 11 is 1.57. The Morgan fingerprint density at radius 3 is 2.65 bits per heavy atom. The monoisotopic (exact) mass is 315 g/mol. The average molecular weight is 315 g/mol. The predicted octanol–water partition coefficient (Wildman–Crippen LogP) is 1.37. The van der Waals surface area contributed by atoms with Crippen molar-refractivity contribution in [1.29, 1.82) is 0 Å². The molecule has 0 fully saturated rings. The Bertz CT molecular complexity index is 697.